The van der Waals surface area contributed by atoms with Crippen LogP contribution in [0.15, 0.2) is 0 Å². The maximum Gasteiger partial charge on any atom is 0.104 e. The average Bonchev–Trinajstić information content (AvgIpc) is 3.78. The molecule has 10 heteroatoms. The molecule has 5 rings (SSSR count). The predicted molar refractivity (Wildman–Crippen MR) is 155 cm³/mol. The minimum atomic E-state index is 0.303. The van der Waals surface area contributed by atoms with Gasteiger partial charge >= 0.3 is 0 Å². The van der Waals surface area contributed by atoms with Crippen LogP contribution in [0.2, 0.25) is 0 Å². The maximum atomic E-state index is 6.13. The first-order valence-electron chi connectivity index (χ1n) is 16.8. The predicted octanol–water partition coefficient (Wildman–Crippen LogP) is 3.42. The largest absolute Gasteiger partial charge is 0.379 e. The van der Waals surface area contributed by atoms with Crippen LogP contribution in [0.1, 0.15) is 57.8 Å². The molecule has 0 aromatic rings. The molecule has 42 heavy (non-hydrogen) atoms. The van der Waals surface area contributed by atoms with E-state index < -0.39 is 0 Å². The third kappa shape index (κ3) is 16.6. The third-order valence-electron chi connectivity index (χ3n) is 8.53. The number of hydrogen-bond donors (Lipinski definition) is 0. The molecule has 5 heterocycles. The van der Waals surface area contributed by atoms with Crippen molar-refractivity contribution in [1.29, 1.82) is 0 Å². The van der Waals surface area contributed by atoms with Crippen LogP contribution < -0.4 is 0 Å². The van der Waals surface area contributed by atoms with Crippen LogP contribution in [0.25, 0.3) is 0 Å². The highest BCUT2D eigenvalue weighted by molar-refractivity contribution is 4.74. The Hall–Kier alpha value is -0.400. The van der Waals surface area contributed by atoms with E-state index in [0.29, 0.717) is 61.5 Å². The van der Waals surface area contributed by atoms with Crippen molar-refractivity contribution in [2.24, 2.45) is 17.8 Å². The van der Waals surface area contributed by atoms with Gasteiger partial charge in [-0.3, -0.25) is 0 Å². The zero-order valence-electron chi connectivity index (χ0n) is 25.7. The molecular weight excluding hydrogens is 544 g/mol. The zero-order valence-corrected chi connectivity index (χ0v) is 25.7. The van der Waals surface area contributed by atoms with E-state index in [1.165, 1.54) is 25.7 Å². The molecule has 0 spiro atoms. The van der Waals surface area contributed by atoms with Gasteiger partial charge < -0.3 is 47.4 Å². The molecule has 0 aromatic heterocycles. The summed E-state index contributed by atoms with van der Waals surface area (Å²) >= 11 is 0. The van der Waals surface area contributed by atoms with Crippen molar-refractivity contribution in [3.05, 3.63) is 0 Å². The summed E-state index contributed by atoms with van der Waals surface area (Å²) in [5.74, 6) is 1.59. The molecule has 5 saturated heterocycles. The zero-order chi connectivity index (χ0) is 28.7. The smallest absolute Gasteiger partial charge is 0.104 e. The van der Waals surface area contributed by atoms with Crippen LogP contribution in [-0.4, -0.2) is 130 Å². The lowest BCUT2D eigenvalue weighted by atomic mass is 9.87. The molecule has 0 amide bonds. The fourth-order valence-electron chi connectivity index (χ4n) is 5.48. The van der Waals surface area contributed by atoms with Crippen molar-refractivity contribution in [1.82, 2.24) is 0 Å². The molecule has 5 fully saturated rings. The molecular formula is C32H56O10. The standard InChI is InChI=1S/C32H56O10/c1(5-25(12-35-17-30-22-40-30)7-3-9-33-15-28-20-38-28)2-6-26(13-36-18-31-23-41-31)11-27(14-37-19-32-24-42-32)8-4-10-34-16-29-21-39-29/h25-32H,1-24H2/t25?,26-,27?,28?,29?,30?,31?,32?/m1/s1. The second-order valence-electron chi connectivity index (χ2n) is 12.9. The van der Waals surface area contributed by atoms with Gasteiger partial charge in [0, 0.05) is 33.0 Å². The summed E-state index contributed by atoms with van der Waals surface area (Å²) in [6, 6.07) is 0. The summed E-state index contributed by atoms with van der Waals surface area (Å²) in [6.45, 7) is 11.8. The van der Waals surface area contributed by atoms with Crippen molar-refractivity contribution < 1.29 is 47.4 Å². The molecule has 5 aliphatic rings. The number of ether oxygens (including phenoxy) is 10. The van der Waals surface area contributed by atoms with Gasteiger partial charge in [-0.1, -0.05) is 12.8 Å². The summed E-state index contributed by atoms with van der Waals surface area (Å²) in [6.07, 6.45) is 11.9. The van der Waals surface area contributed by atoms with Gasteiger partial charge in [0.15, 0.2) is 0 Å². The molecule has 0 aromatic carbocycles. The monoisotopic (exact) mass is 600 g/mol. The van der Waals surface area contributed by atoms with E-state index in [4.69, 9.17) is 47.4 Å². The summed E-state index contributed by atoms with van der Waals surface area (Å²) in [4.78, 5) is 0. The average molecular weight is 601 g/mol. The molecule has 0 bridgehead atoms. The minimum absolute atomic E-state index is 0.303. The van der Waals surface area contributed by atoms with Gasteiger partial charge in [0.25, 0.3) is 0 Å². The van der Waals surface area contributed by atoms with Gasteiger partial charge in [-0.25, -0.2) is 0 Å². The first kappa shape index (κ1) is 33.0. The molecule has 244 valence electrons. The molecule has 0 radical (unpaired) electrons. The van der Waals surface area contributed by atoms with E-state index in [2.05, 4.69) is 0 Å². The maximum absolute atomic E-state index is 6.13. The number of rotatable bonds is 31. The van der Waals surface area contributed by atoms with E-state index in [1.807, 2.05) is 0 Å². The summed E-state index contributed by atoms with van der Waals surface area (Å²) in [5.41, 5.74) is 0. The molecule has 0 N–H and O–H groups in total. The Bertz CT molecular complexity index is 693. The Morgan fingerprint density at radius 3 is 1.12 bits per heavy atom. The highest BCUT2D eigenvalue weighted by Crippen LogP contribution is 2.26. The fraction of sp³-hybridized carbons (Fsp3) is 1.00. The highest BCUT2D eigenvalue weighted by Gasteiger charge is 2.27. The Labute approximate surface area is 252 Å². The van der Waals surface area contributed by atoms with Crippen LogP contribution in [0, 0.1) is 17.8 Å². The lowest BCUT2D eigenvalue weighted by Crippen LogP contribution is -2.21. The molecule has 0 aliphatic carbocycles. The van der Waals surface area contributed by atoms with Gasteiger partial charge in [-0.2, -0.15) is 0 Å². The Morgan fingerprint density at radius 1 is 0.405 bits per heavy atom. The quantitative estimate of drug-likeness (QED) is 0.0868. The molecule has 5 aliphatic heterocycles. The molecule has 10 nitrogen and oxygen atoms in total. The van der Waals surface area contributed by atoms with Crippen LogP contribution in [-0.2, 0) is 47.4 Å². The third-order valence-corrected chi connectivity index (χ3v) is 8.53. The van der Waals surface area contributed by atoms with Gasteiger partial charge in [-0.05, 0) is 62.7 Å². The Morgan fingerprint density at radius 2 is 0.714 bits per heavy atom. The van der Waals surface area contributed by atoms with E-state index in [1.54, 1.807) is 0 Å². The molecule has 8 atom stereocenters. The summed E-state index contributed by atoms with van der Waals surface area (Å²) in [7, 11) is 0. The number of hydrogen-bond acceptors (Lipinski definition) is 10. The SMILES string of the molecule is C(CC[C@@H](COCC1CO1)CC(CCCOCC1CO1)COCC1CO1)CC(CCCOCC1CO1)COCC1CO1. The van der Waals surface area contributed by atoms with Gasteiger partial charge in [0.2, 0.25) is 0 Å². The van der Waals surface area contributed by atoms with E-state index in [0.717, 1.165) is 118 Å². The van der Waals surface area contributed by atoms with E-state index >= 15 is 0 Å². The summed E-state index contributed by atoms with van der Waals surface area (Å²) < 4.78 is 56.3. The normalized spacial score (nSPS) is 29.3. The molecule has 0 saturated carbocycles. The van der Waals surface area contributed by atoms with Crippen molar-refractivity contribution >= 4 is 0 Å². The highest BCUT2D eigenvalue weighted by atomic mass is 16.6. The molecule has 7 unspecified atom stereocenters. The van der Waals surface area contributed by atoms with Crippen LogP contribution >= 0.6 is 0 Å². The Balaban J connectivity index is 1.01. The number of unbranched alkanes of at least 4 members (excludes halogenated alkanes) is 1. The van der Waals surface area contributed by atoms with E-state index in [9.17, 15) is 0 Å². The van der Waals surface area contributed by atoms with Crippen molar-refractivity contribution in [3.8, 4) is 0 Å². The fourth-order valence-corrected chi connectivity index (χ4v) is 5.48. The van der Waals surface area contributed by atoms with Crippen molar-refractivity contribution in [2.45, 2.75) is 88.3 Å². The minimum Gasteiger partial charge on any atom is -0.379 e. The number of epoxide rings is 5. The van der Waals surface area contributed by atoms with Gasteiger partial charge in [-0.15, -0.1) is 0 Å². The van der Waals surface area contributed by atoms with Crippen LogP contribution in [0.4, 0.5) is 0 Å². The van der Waals surface area contributed by atoms with Crippen LogP contribution in [0.3, 0.4) is 0 Å². The first-order valence-corrected chi connectivity index (χ1v) is 16.8. The van der Waals surface area contributed by atoms with E-state index in [-0.39, 0.29) is 0 Å². The topological polar surface area (TPSA) is 109 Å². The Kier molecular flexibility index (Phi) is 15.1. The lowest BCUT2D eigenvalue weighted by Gasteiger charge is -2.24. The second kappa shape index (κ2) is 19.2. The van der Waals surface area contributed by atoms with Crippen LogP contribution in [0.5, 0.6) is 0 Å². The van der Waals surface area contributed by atoms with Crippen molar-refractivity contribution in [3.63, 3.8) is 0 Å². The van der Waals surface area contributed by atoms with Gasteiger partial charge in [0.05, 0.1) is 66.1 Å². The second-order valence-corrected chi connectivity index (χ2v) is 12.9. The summed E-state index contributed by atoms with van der Waals surface area (Å²) in [5, 5.41) is 0. The van der Waals surface area contributed by atoms with Crippen molar-refractivity contribution in [2.75, 3.05) is 99.1 Å². The first-order chi connectivity index (χ1) is 20.8. The van der Waals surface area contributed by atoms with Gasteiger partial charge in [0.1, 0.15) is 30.5 Å². The lowest BCUT2D eigenvalue weighted by molar-refractivity contribution is 0.0430.